The fourth-order valence-corrected chi connectivity index (χ4v) is 5.00. The monoisotopic (exact) mass is 439 g/mol. The largest absolute Gasteiger partial charge is 0.297 e. The molecule has 0 aliphatic heterocycles. The van der Waals surface area contributed by atoms with Crippen molar-refractivity contribution >= 4 is 55.3 Å². The van der Waals surface area contributed by atoms with Crippen LogP contribution >= 0.6 is 0 Å². The van der Waals surface area contributed by atoms with Crippen LogP contribution in [0.25, 0.3) is 49.4 Å². The quantitative estimate of drug-likeness (QED) is 0.150. The van der Waals surface area contributed by atoms with Crippen molar-refractivity contribution < 1.29 is 0 Å². The lowest BCUT2D eigenvalue weighted by Crippen LogP contribution is -2.08. The minimum Gasteiger partial charge on any atom is -0.297 e. The molecule has 0 N–H and O–H groups in total. The summed E-state index contributed by atoms with van der Waals surface area (Å²) in [6.45, 7) is 4.12. The molecule has 0 aliphatic carbocycles. The Kier molecular flexibility index (Phi) is 4.88. The van der Waals surface area contributed by atoms with Crippen molar-refractivity contribution in [2.24, 2.45) is 4.99 Å². The van der Waals surface area contributed by atoms with Crippen molar-refractivity contribution in [3.05, 3.63) is 115 Å². The Morgan fingerprint density at radius 2 is 0.971 bits per heavy atom. The molecule has 0 fully saturated rings. The molecule has 3 nitrogen and oxygen atoms in total. The molecule has 0 amide bonds. The molecule has 0 bridgehead atoms. The van der Waals surface area contributed by atoms with E-state index in [9.17, 15) is 0 Å². The third-order valence-electron chi connectivity index (χ3n) is 6.43. The molecule has 6 rings (SSSR count). The minimum absolute atomic E-state index is 0.884. The molecule has 2 aromatic heterocycles. The van der Waals surface area contributed by atoms with Crippen LogP contribution in [-0.2, 0) is 0 Å². The van der Waals surface area contributed by atoms with E-state index in [0.29, 0.717) is 0 Å². The average molecular weight is 440 g/mol. The summed E-state index contributed by atoms with van der Waals surface area (Å²) in [5, 5.41) is 4.94. The topological polar surface area (TPSA) is 22.2 Å². The lowest BCUT2D eigenvalue weighted by molar-refractivity contribution is 1.14. The highest BCUT2D eigenvalue weighted by Gasteiger charge is 2.15. The van der Waals surface area contributed by atoms with Crippen molar-refractivity contribution in [1.82, 2.24) is 9.13 Å². The molecule has 0 atom stereocenters. The predicted octanol–water partition coefficient (Wildman–Crippen LogP) is 8.24. The number of fused-ring (bicyclic) bond motifs is 6. The number of aliphatic imine (C=N–C) groups is 1. The zero-order valence-electron chi connectivity index (χ0n) is 19.3. The maximum absolute atomic E-state index is 5.25. The van der Waals surface area contributed by atoms with Gasteiger partial charge < -0.3 is 0 Å². The molecular weight excluding hydrogens is 414 g/mol. The molecule has 2 heterocycles. The van der Waals surface area contributed by atoms with Gasteiger partial charge in [0, 0.05) is 21.5 Å². The van der Waals surface area contributed by atoms with E-state index in [1.807, 2.05) is 13.0 Å². The van der Waals surface area contributed by atoms with E-state index >= 15 is 0 Å². The number of para-hydroxylation sites is 4. The van der Waals surface area contributed by atoms with Crippen molar-refractivity contribution in [1.29, 1.82) is 0 Å². The summed E-state index contributed by atoms with van der Waals surface area (Å²) in [4.78, 5) is 5.25. The highest BCUT2D eigenvalue weighted by Crippen LogP contribution is 2.33. The first-order chi connectivity index (χ1) is 16.8. The molecule has 0 saturated carbocycles. The zero-order chi connectivity index (χ0) is 23.1. The van der Waals surface area contributed by atoms with Crippen LogP contribution in [0.1, 0.15) is 13.8 Å². The molecule has 0 saturated heterocycles. The molecule has 0 unspecified atom stereocenters. The standard InChI is InChI=1S/C31H25N3/c1-3-4-21-31(34-29-19-11-7-15-25(29)26-16-8-12-20-30(26)34)32-22(2)33-27-17-9-5-13-23(27)24-14-6-10-18-28(24)33/h3-21H,1-2H3/b4-3-,31-21+,32-22+. The molecule has 4 aromatic carbocycles. The Morgan fingerprint density at radius 1 is 0.588 bits per heavy atom. The van der Waals surface area contributed by atoms with Gasteiger partial charge in [-0.15, -0.1) is 0 Å². The Bertz CT molecular complexity index is 1670. The van der Waals surface area contributed by atoms with Gasteiger partial charge in [0.25, 0.3) is 0 Å². The Morgan fingerprint density at radius 3 is 1.38 bits per heavy atom. The van der Waals surface area contributed by atoms with E-state index in [-0.39, 0.29) is 0 Å². The summed E-state index contributed by atoms with van der Waals surface area (Å²) in [6, 6.07) is 34.2. The molecule has 6 aromatic rings. The summed E-state index contributed by atoms with van der Waals surface area (Å²) in [6.07, 6.45) is 6.19. The molecular formula is C31H25N3. The molecule has 0 aliphatic rings. The van der Waals surface area contributed by atoms with Crippen LogP contribution in [0.4, 0.5) is 0 Å². The maximum atomic E-state index is 5.25. The van der Waals surface area contributed by atoms with Crippen LogP contribution in [0.15, 0.2) is 120 Å². The van der Waals surface area contributed by atoms with Gasteiger partial charge in [0.05, 0.1) is 22.1 Å². The van der Waals surface area contributed by atoms with Crippen LogP contribution in [0.3, 0.4) is 0 Å². The Balaban J connectivity index is 1.65. The summed E-state index contributed by atoms with van der Waals surface area (Å²) in [5.41, 5.74) is 4.63. The van der Waals surface area contributed by atoms with Crippen molar-refractivity contribution in [2.75, 3.05) is 0 Å². The van der Waals surface area contributed by atoms with Gasteiger partial charge in [-0.05, 0) is 44.2 Å². The number of hydrogen-bond donors (Lipinski definition) is 0. The highest BCUT2D eigenvalue weighted by atomic mass is 15.2. The van der Waals surface area contributed by atoms with E-state index in [1.54, 1.807) is 0 Å². The van der Waals surface area contributed by atoms with Crippen molar-refractivity contribution in [2.45, 2.75) is 13.8 Å². The predicted molar refractivity (Wildman–Crippen MR) is 146 cm³/mol. The molecule has 164 valence electrons. The van der Waals surface area contributed by atoms with Gasteiger partial charge in [0.2, 0.25) is 0 Å². The van der Waals surface area contributed by atoms with E-state index in [0.717, 1.165) is 33.7 Å². The van der Waals surface area contributed by atoms with E-state index in [2.05, 4.69) is 125 Å². The van der Waals surface area contributed by atoms with Gasteiger partial charge in [-0.25, -0.2) is 4.99 Å². The minimum atomic E-state index is 0.884. The van der Waals surface area contributed by atoms with E-state index in [1.165, 1.54) is 21.5 Å². The first-order valence-electron chi connectivity index (χ1n) is 11.6. The fraction of sp³-hybridized carbons (Fsp3) is 0.0645. The maximum Gasteiger partial charge on any atom is 0.139 e. The first-order valence-corrected chi connectivity index (χ1v) is 11.6. The molecule has 0 radical (unpaired) electrons. The second kappa shape index (κ2) is 8.20. The third kappa shape index (κ3) is 3.09. The van der Waals surface area contributed by atoms with Gasteiger partial charge in [0.1, 0.15) is 11.7 Å². The van der Waals surface area contributed by atoms with Gasteiger partial charge in [-0.2, -0.15) is 0 Å². The van der Waals surface area contributed by atoms with E-state index < -0.39 is 0 Å². The van der Waals surface area contributed by atoms with Crippen LogP contribution in [0.5, 0.6) is 0 Å². The number of rotatable bonds is 3. The first kappa shape index (κ1) is 20.3. The number of allylic oxidation sites excluding steroid dienone is 3. The summed E-state index contributed by atoms with van der Waals surface area (Å²) < 4.78 is 4.53. The summed E-state index contributed by atoms with van der Waals surface area (Å²) in [7, 11) is 0. The normalized spacial score (nSPS) is 13.2. The Labute approximate surface area is 198 Å². The Hall–Kier alpha value is -4.37. The second-order valence-electron chi connectivity index (χ2n) is 8.45. The molecule has 0 spiro atoms. The lowest BCUT2D eigenvalue weighted by atomic mass is 10.2. The average Bonchev–Trinajstić information content (AvgIpc) is 3.40. The van der Waals surface area contributed by atoms with Crippen LogP contribution in [0.2, 0.25) is 0 Å². The number of benzene rings is 4. The molecule has 34 heavy (non-hydrogen) atoms. The van der Waals surface area contributed by atoms with Gasteiger partial charge >= 0.3 is 0 Å². The molecule has 3 heteroatoms. The third-order valence-corrected chi connectivity index (χ3v) is 6.43. The fourth-order valence-electron chi connectivity index (χ4n) is 5.00. The van der Waals surface area contributed by atoms with Crippen LogP contribution in [-0.4, -0.2) is 15.0 Å². The van der Waals surface area contributed by atoms with Crippen LogP contribution in [0, 0.1) is 0 Å². The van der Waals surface area contributed by atoms with E-state index in [4.69, 9.17) is 4.99 Å². The van der Waals surface area contributed by atoms with Gasteiger partial charge in [-0.1, -0.05) is 84.9 Å². The number of nitrogens with zero attached hydrogens (tertiary/aromatic N) is 3. The number of hydrogen-bond acceptors (Lipinski definition) is 1. The SMILES string of the molecule is C\C=C/C=C(\N=C(/C)n1c2ccccc2c2ccccc21)n1c2ccccc2c2ccccc21. The van der Waals surface area contributed by atoms with Gasteiger partial charge in [-0.3, -0.25) is 9.13 Å². The lowest BCUT2D eigenvalue weighted by Gasteiger charge is -2.12. The highest BCUT2D eigenvalue weighted by molar-refractivity contribution is 6.15. The number of aromatic nitrogens is 2. The summed E-state index contributed by atoms with van der Waals surface area (Å²) >= 11 is 0. The smallest absolute Gasteiger partial charge is 0.139 e. The summed E-state index contributed by atoms with van der Waals surface area (Å²) in [5.74, 6) is 1.81. The van der Waals surface area contributed by atoms with Crippen molar-refractivity contribution in [3.63, 3.8) is 0 Å². The second-order valence-corrected chi connectivity index (χ2v) is 8.45. The zero-order valence-corrected chi connectivity index (χ0v) is 19.3. The van der Waals surface area contributed by atoms with Gasteiger partial charge in [0.15, 0.2) is 0 Å². The van der Waals surface area contributed by atoms with Crippen molar-refractivity contribution in [3.8, 4) is 0 Å². The van der Waals surface area contributed by atoms with Crippen LogP contribution < -0.4 is 0 Å².